The van der Waals surface area contributed by atoms with E-state index in [1.807, 2.05) is 17.4 Å². The van der Waals surface area contributed by atoms with E-state index in [2.05, 4.69) is 25.8 Å². The van der Waals surface area contributed by atoms with Gasteiger partial charge in [-0.25, -0.2) is 0 Å². The normalized spacial score (nSPS) is 13.1. The number of carbonyl (C=O) groups is 1. The van der Waals surface area contributed by atoms with Gasteiger partial charge in [0.05, 0.1) is 25.4 Å². The highest BCUT2D eigenvalue weighted by Crippen LogP contribution is 2.32. The third-order valence-corrected chi connectivity index (χ3v) is 4.11. The smallest absolute Gasteiger partial charge is 0.414 e. The topological polar surface area (TPSA) is 51.2 Å². The zero-order valence-corrected chi connectivity index (χ0v) is 15.7. The summed E-state index contributed by atoms with van der Waals surface area (Å²) in [6.45, 7) is 6.18. The fraction of sp³-hybridized carbons (Fsp3) is 0.400. The second kappa shape index (κ2) is 7.98. The second-order valence-electron chi connectivity index (χ2n) is 7.29. The number of ether oxygens (including phenoxy) is 1. The van der Waals surface area contributed by atoms with Crippen LogP contribution in [0.3, 0.4) is 0 Å². The highest BCUT2D eigenvalue weighted by molar-refractivity contribution is 5.79. The van der Waals surface area contributed by atoms with Crippen molar-refractivity contribution >= 4 is 5.91 Å². The standard InChI is InChI=1S/C20H23F3N2O2/c1-19(2,3)14-7-5-13(6-8-14)11-17(26)25-18(20(21,22)23)16-10-9-15(27-4)12-24-16/h5-10,12,18H,11H2,1-4H3,(H,25,26)/t18-/m0/s1. The second-order valence-corrected chi connectivity index (χ2v) is 7.29. The number of alkyl halides is 3. The Kier molecular flexibility index (Phi) is 6.13. The van der Waals surface area contributed by atoms with Gasteiger partial charge in [0.15, 0.2) is 6.04 Å². The molecule has 0 fully saturated rings. The number of pyridine rings is 1. The third-order valence-electron chi connectivity index (χ3n) is 4.11. The Morgan fingerprint density at radius 1 is 1.11 bits per heavy atom. The Balaban J connectivity index is 2.11. The summed E-state index contributed by atoms with van der Waals surface area (Å²) in [7, 11) is 1.39. The number of methoxy groups -OCH3 is 1. The maximum Gasteiger partial charge on any atom is 0.414 e. The molecule has 1 aromatic carbocycles. The van der Waals surface area contributed by atoms with Gasteiger partial charge < -0.3 is 10.1 Å². The van der Waals surface area contributed by atoms with E-state index in [-0.39, 0.29) is 17.5 Å². The van der Waals surface area contributed by atoms with Gasteiger partial charge in [-0.3, -0.25) is 9.78 Å². The molecule has 4 nitrogen and oxygen atoms in total. The number of carbonyl (C=O) groups excluding carboxylic acids is 1. The number of nitrogens with one attached hydrogen (secondary N) is 1. The predicted molar refractivity (Wildman–Crippen MR) is 96.6 cm³/mol. The fourth-order valence-electron chi connectivity index (χ4n) is 2.53. The lowest BCUT2D eigenvalue weighted by Gasteiger charge is -2.22. The Morgan fingerprint density at radius 3 is 2.19 bits per heavy atom. The molecular formula is C20H23F3N2O2. The number of halogens is 3. The van der Waals surface area contributed by atoms with Crippen LogP contribution in [0.25, 0.3) is 0 Å². The summed E-state index contributed by atoms with van der Waals surface area (Å²) in [5, 5.41) is 2.04. The Morgan fingerprint density at radius 2 is 1.74 bits per heavy atom. The number of hydrogen-bond donors (Lipinski definition) is 1. The van der Waals surface area contributed by atoms with Gasteiger partial charge in [-0.05, 0) is 28.7 Å². The molecule has 2 rings (SSSR count). The summed E-state index contributed by atoms with van der Waals surface area (Å²) in [5.41, 5.74) is 1.40. The molecule has 0 bridgehead atoms. The van der Waals surface area contributed by atoms with E-state index in [4.69, 9.17) is 4.74 Å². The van der Waals surface area contributed by atoms with Crippen LogP contribution < -0.4 is 10.1 Å². The Hall–Kier alpha value is -2.57. The van der Waals surface area contributed by atoms with Crippen LogP contribution in [-0.2, 0) is 16.6 Å². The molecule has 146 valence electrons. The minimum Gasteiger partial charge on any atom is -0.495 e. The molecule has 7 heteroatoms. The van der Waals surface area contributed by atoms with Crippen molar-refractivity contribution in [3.63, 3.8) is 0 Å². The number of rotatable bonds is 5. The molecule has 0 unspecified atom stereocenters. The van der Waals surface area contributed by atoms with Gasteiger partial charge >= 0.3 is 6.18 Å². The molecule has 1 N–H and O–H groups in total. The molecule has 0 spiro atoms. The van der Waals surface area contributed by atoms with E-state index in [1.54, 1.807) is 12.1 Å². The van der Waals surface area contributed by atoms with E-state index in [0.29, 0.717) is 11.3 Å². The average molecular weight is 380 g/mol. The highest BCUT2D eigenvalue weighted by Gasteiger charge is 2.42. The summed E-state index contributed by atoms with van der Waals surface area (Å²) < 4.78 is 45.1. The number of nitrogens with zero attached hydrogens (tertiary/aromatic N) is 1. The SMILES string of the molecule is COc1ccc([C@H](NC(=O)Cc2ccc(C(C)(C)C)cc2)C(F)(F)F)nc1. The fourth-order valence-corrected chi connectivity index (χ4v) is 2.53. The van der Waals surface area contributed by atoms with Crippen molar-refractivity contribution in [3.8, 4) is 5.75 Å². The molecule has 1 heterocycles. The minimum atomic E-state index is -4.66. The number of benzene rings is 1. The minimum absolute atomic E-state index is 0.0395. The van der Waals surface area contributed by atoms with Crippen molar-refractivity contribution in [2.75, 3.05) is 7.11 Å². The molecule has 0 saturated heterocycles. The van der Waals surface area contributed by atoms with Crippen LogP contribution in [0.2, 0.25) is 0 Å². The first kappa shape index (κ1) is 20.7. The van der Waals surface area contributed by atoms with Crippen LogP contribution in [-0.4, -0.2) is 24.2 Å². The van der Waals surface area contributed by atoms with Gasteiger partial charge in [0, 0.05) is 0 Å². The predicted octanol–water partition coefficient (Wildman–Crippen LogP) is 4.35. The first-order chi connectivity index (χ1) is 12.5. The van der Waals surface area contributed by atoms with Crippen LogP contribution in [0.15, 0.2) is 42.6 Å². The largest absolute Gasteiger partial charge is 0.495 e. The van der Waals surface area contributed by atoms with Gasteiger partial charge in [0.1, 0.15) is 5.75 Å². The molecular weight excluding hydrogens is 357 g/mol. The average Bonchev–Trinajstić information content (AvgIpc) is 2.58. The maximum absolute atomic E-state index is 13.4. The lowest BCUT2D eigenvalue weighted by molar-refractivity contribution is -0.164. The first-order valence-electron chi connectivity index (χ1n) is 8.46. The summed E-state index contributed by atoms with van der Waals surface area (Å²) in [4.78, 5) is 15.9. The molecule has 1 atom stereocenters. The van der Waals surface area contributed by atoms with E-state index in [1.165, 1.54) is 25.4 Å². The van der Waals surface area contributed by atoms with Gasteiger partial charge in [-0.15, -0.1) is 0 Å². The molecule has 0 aliphatic rings. The molecule has 27 heavy (non-hydrogen) atoms. The van der Waals surface area contributed by atoms with E-state index < -0.39 is 18.1 Å². The first-order valence-corrected chi connectivity index (χ1v) is 8.46. The van der Waals surface area contributed by atoms with Gasteiger partial charge in [0.2, 0.25) is 5.91 Å². The van der Waals surface area contributed by atoms with Gasteiger partial charge in [0.25, 0.3) is 0 Å². The van der Waals surface area contributed by atoms with Gasteiger partial charge in [-0.2, -0.15) is 13.2 Å². The highest BCUT2D eigenvalue weighted by atomic mass is 19.4. The van der Waals surface area contributed by atoms with E-state index >= 15 is 0 Å². The molecule has 1 aromatic heterocycles. The van der Waals surface area contributed by atoms with Crippen LogP contribution in [0.1, 0.15) is 43.6 Å². The summed E-state index contributed by atoms with van der Waals surface area (Å²) >= 11 is 0. The third kappa shape index (κ3) is 5.70. The van der Waals surface area contributed by atoms with Crippen molar-refractivity contribution < 1.29 is 22.7 Å². The van der Waals surface area contributed by atoms with Crippen molar-refractivity contribution in [1.29, 1.82) is 0 Å². The Bertz CT molecular complexity index is 764. The lowest BCUT2D eigenvalue weighted by atomic mass is 9.86. The molecule has 1 amide bonds. The van der Waals surface area contributed by atoms with E-state index in [0.717, 1.165) is 5.56 Å². The van der Waals surface area contributed by atoms with Crippen molar-refractivity contribution in [3.05, 3.63) is 59.4 Å². The molecule has 0 radical (unpaired) electrons. The summed E-state index contributed by atoms with van der Waals surface area (Å²) in [5.74, 6) is -0.386. The van der Waals surface area contributed by atoms with Crippen LogP contribution in [0, 0.1) is 0 Å². The van der Waals surface area contributed by atoms with E-state index in [9.17, 15) is 18.0 Å². The zero-order valence-electron chi connectivity index (χ0n) is 15.7. The van der Waals surface area contributed by atoms with Crippen LogP contribution in [0.4, 0.5) is 13.2 Å². The molecule has 0 aliphatic heterocycles. The van der Waals surface area contributed by atoms with Crippen molar-refractivity contribution in [2.24, 2.45) is 0 Å². The number of hydrogen-bond acceptors (Lipinski definition) is 3. The van der Waals surface area contributed by atoms with Crippen LogP contribution >= 0.6 is 0 Å². The monoisotopic (exact) mass is 380 g/mol. The summed E-state index contributed by atoms with van der Waals surface area (Å²) in [6, 6.07) is 7.67. The lowest BCUT2D eigenvalue weighted by Crippen LogP contribution is -2.39. The number of aromatic nitrogens is 1. The maximum atomic E-state index is 13.4. The van der Waals surface area contributed by atoms with Crippen molar-refractivity contribution in [1.82, 2.24) is 10.3 Å². The van der Waals surface area contributed by atoms with Crippen molar-refractivity contribution in [2.45, 2.75) is 44.8 Å². The zero-order chi connectivity index (χ0) is 20.2. The quantitative estimate of drug-likeness (QED) is 0.839. The van der Waals surface area contributed by atoms with Gasteiger partial charge in [-0.1, -0.05) is 45.0 Å². The van der Waals surface area contributed by atoms with Crippen LogP contribution in [0.5, 0.6) is 5.75 Å². The molecule has 0 aliphatic carbocycles. The molecule has 2 aromatic rings. The Labute approximate surface area is 156 Å². The summed E-state index contributed by atoms with van der Waals surface area (Å²) in [6.07, 6.45) is -3.62. The molecule has 0 saturated carbocycles. The number of amides is 1.